The Bertz CT molecular complexity index is 1220. The molecule has 176 valence electrons. The minimum Gasteiger partial charge on any atom is -0.490 e. The summed E-state index contributed by atoms with van der Waals surface area (Å²) in [5.41, 5.74) is 2.12. The summed E-state index contributed by atoms with van der Waals surface area (Å²) in [6.07, 6.45) is 1.74. The van der Waals surface area contributed by atoms with Gasteiger partial charge in [-0.05, 0) is 83.7 Å². The van der Waals surface area contributed by atoms with Crippen molar-refractivity contribution in [3.8, 4) is 11.5 Å². The topological polar surface area (TPSA) is 111 Å². The minimum atomic E-state index is -3.82. The highest BCUT2D eigenvalue weighted by atomic mass is 79.9. The van der Waals surface area contributed by atoms with Gasteiger partial charge in [0.15, 0.2) is 11.5 Å². The van der Waals surface area contributed by atoms with Gasteiger partial charge in [-0.15, -0.1) is 0 Å². The summed E-state index contributed by atoms with van der Waals surface area (Å²) in [5, 5.41) is 10.7. The fourth-order valence-corrected chi connectivity index (χ4v) is 4.22. The number of halogens is 1. The van der Waals surface area contributed by atoms with E-state index in [1.54, 1.807) is 13.0 Å². The summed E-state index contributed by atoms with van der Waals surface area (Å²) < 4.78 is 35.4. The number of rotatable bonds is 8. The van der Waals surface area contributed by atoms with Crippen LogP contribution >= 0.6 is 15.9 Å². The molecule has 0 aromatic heterocycles. The maximum Gasteiger partial charge on any atom is 0.280 e. The van der Waals surface area contributed by atoms with Crippen LogP contribution in [0.15, 0.2) is 56.4 Å². The Hall–Kier alpha value is -2.69. The molecule has 8 nitrogen and oxygen atoms in total. The van der Waals surface area contributed by atoms with Crippen molar-refractivity contribution < 1.29 is 22.7 Å². The van der Waals surface area contributed by atoms with Crippen LogP contribution in [0, 0.1) is 5.92 Å². The molecule has 0 aliphatic carbocycles. The Balaban J connectivity index is 1.92. The Morgan fingerprint density at radius 2 is 1.85 bits per heavy atom. The van der Waals surface area contributed by atoms with Crippen LogP contribution in [0.5, 0.6) is 11.5 Å². The number of carbonyl (C=O) groups is 1. The van der Waals surface area contributed by atoms with Gasteiger partial charge in [0, 0.05) is 0 Å². The van der Waals surface area contributed by atoms with Crippen molar-refractivity contribution in [1.82, 2.24) is 0 Å². The maximum absolute atomic E-state index is 13.1. The van der Waals surface area contributed by atoms with E-state index in [-0.39, 0.29) is 10.8 Å². The molecule has 0 unspecified atom stereocenters. The number of nitrogens with two attached hydrogens (primary N) is 1. The van der Waals surface area contributed by atoms with Crippen molar-refractivity contribution in [2.45, 2.75) is 32.6 Å². The lowest BCUT2D eigenvalue weighted by Gasteiger charge is -2.16. The predicted molar refractivity (Wildman–Crippen MR) is 132 cm³/mol. The number of carbonyl (C=O) groups excluding carboxylic acids is 1. The van der Waals surface area contributed by atoms with Crippen LogP contribution in [-0.2, 0) is 14.8 Å². The average molecular weight is 536 g/mol. The summed E-state index contributed by atoms with van der Waals surface area (Å²) in [7, 11) is -3.82. The van der Waals surface area contributed by atoms with Crippen molar-refractivity contribution in [2.75, 3.05) is 18.2 Å². The summed E-state index contributed by atoms with van der Waals surface area (Å²) >= 11 is 3.55. The smallest absolute Gasteiger partial charge is 0.280 e. The number of amides is 1. The van der Waals surface area contributed by atoms with Gasteiger partial charge >= 0.3 is 0 Å². The van der Waals surface area contributed by atoms with Crippen LogP contribution in [0.2, 0.25) is 0 Å². The van der Waals surface area contributed by atoms with Gasteiger partial charge in [-0.25, -0.2) is 13.6 Å². The normalized spacial score (nSPS) is 15.4. The van der Waals surface area contributed by atoms with E-state index < -0.39 is 10.0 Å². The second kappa shape index (κ2) is 10.1. The number of nitrogens with zero attached hydrogens (tertiary/aromatic N) is 2. The summed E-state index contributed by atoms with van der Waals surface area (Å²) in [5.74, 6) is 1.22. The molecule has 1 amide bonds. The van der Waals surface area contributed by atoms with E-state index in [4.69, 9.17) is 14.6 Å². The van der Waals surface area contributed by atoms with E-state index in [2.05, 4.69) is 34.9 Å². The average Bonchev–Trinajstić information content (AvgIpc) is 3.01. The lowest BCUT2D eigenvalue weighted by molar-refractivity contribution is -0.114. The molecular formula is C23H26BrN3O5S. The van der Waals surface area contributed by atoms with Gasteiger partial charge in [0.05, 0.1) is 39.6 Å². The van der Waals surface area contributed by atoms with Gasteiger partial charge in [-0.2, -0.15) is 10.1 Å². The van der Waals surface area contributed by atoms with E-state index in [0.717, 1.165) is 10.0 Å². The molecule has 0 spiro atoms. The van der Waals surface area contributed by atoms with Gasteiger partial charge in [0.25, 0.3) is 5.91 Å². The van der Waals surface area contributed by atoms with Crippen LogP contribution in [0.1, 0.15) is 33.3 Å². The first-order valence-electron chi connectivity index (χ1n) is 10.3. The molecule has 1 aliphatic heterocycles. The monoisotopic (exact) mass is 535 g/mol. The van der Waals surface area contributed by atoms with E-state index in [0.29, 0.717) is 47.6 Å². The van der Waals surface area contributed by atoms with Crippen LogP contribution in [0.25, 0.3) is 6.08 Å². The molecule has 3 rings (SSSR count). The Kier molecular flexibility index (Phi) is 7.61. The number of hydrogen-bond donors (Lipinski definition) is 1. The highest BCUT2D eigenvalue weighted by molar-refractivity contribution is 9.10. The summed E-state index contributed by atoms with van der Waals surface area (Å²) in [4.78, 5) is 13.0. The Morgan fingerprint density at radius 1 is 1.18 bits per heavy atom. The molecule has 0 bridgehead atoms. The molecule has 1 heterocycles. The highest BCUT2D eigenvalue weighted by Gasteiger charge is 2.29. The first-order chi connectivity index (χ1) is 15.5. The fraction of sp³-hybridized carbons (Fsp3) is 0.304. The SMILES string of the molecule is CCOc1cc(/C=C2\C(=O)N(c3ccc(S(N)(=O)=O)cc3)N=C2C)cc(Br)c1OCC(C)C. The number of primary sulfonamides is 1. The zero-order chi connectivity index (χ0) is 24.3. The third-order valence-corrected chi connectivity index (χ3v) is 6.19. The Morgan fingerprint density at radius 3 is 2.42 bits per heavy atom. The van der Waals surface area contributed by atoms with Crippen LogP contribution in [0.4, 0.5) is 5.69 Å². The fourth-order valence-electron chi connectivity index (χ4n) is 3.13. The molecule has 0 saturated carbocycles. The molecule has 2 aromatic rings. The molecule has 2 aromatic carbocycles. The second-order valence-electron chi connectivity index (χ2n) is 7.87. The number of hydrazone groups is 1. The molecule has 0 fully saturated rings. The van der Waals surface area contributed by atoms with Crippen molar-refractivity contribution in [3.63, 3.8) is 0 Å². The molecule has 0 saturated heterocycles. The predicted octanol–water partition coefficient (Wildman–Crippen LogP) is 4.34. The highest BCUT2D eigenvalue weighted by Crippen LogP contribution is 2.38. The van der Waals surface area contributed by atoms with Crippen molar-refractivity contribution in [1.29, 1.82) is 0 Å². The van der Waals surface area contributed by atoms with Gasteiger partial charge in [-0.1, -0.05) is 13.8 Å². The zero-order valence-electron chi connectivity index (χ0n) is 18.8. The van der Waals surface area contributed by atoms with Gasteiger partial charge in [-0.3, -0.25) is 4.79 Å². The number of hydrogen-bond acceptors (Lipinski definition) is 6. The zero-order valence-corrected chi connectivity index (χ0v) is 21.2. The maximum atomic E-state index is 13.1. The van der Waals surface area contributed by atoms with Crippen LogP contribution in [-0.4, -0.2) is 33.3 Å². The largest absolute Gasteiger partial charge is 0.490 e. The van der Waals surface area contributed by atoms with Crippen LogP contribution < -0.4 is 19.6 Å². The van der Waals surface area contributed by atoms with Gasteiger partial charge in [0.2, 0.25) is 10.0 Å². The second-order valence-corrected chi connectivity index (χ2v) is 10.3. The third-order valence-electron chi connectivity index (χ3n) is 4.68. The molecule has 33 heavy (non-hydrogen) atoms. The van der Waals surface area contributed by atoms with E-state index in [1.165, 1.54) is 29.3 Å². The summed E-state index contributed by atoms with van der Waals surface area (Å²) in [6.45, 7) is 8.77. The first-order valence-corrected chi connectivity index (χ1v) is 12.7. The molecule has 0 radical (unpaired) electrons. The lowest BCUT2D eigenvalue weighted by Crippen LogP contribution is -2.21. The molecule has 2 N–H and O–H groups in total. The number of benzene rings is 2. The molecule has 10 heteroatoms. The van der Waals surface area contributed by atoms with Crippen molar-refractivity contribution in [2.24, 2.45) is 16.2 Å². The van der Waals surface area contributed by atoms with E-state index >= 15 is 0 Å². The number of sulfonamides is 1. The van der Waals surface area contributed by atoms with Crippen molar-refractivity contribution in [3.05, 3.63) is 52.0 Å². The van der Waals surface area contributed by atoms with Gasteiger partial charge < -0.3 is 9.47 Å². The lowest BCUT2D eigenvalue weighted by atomic mass is 10.1. The van der Waals surface area contributed by atoms with E-state index in [1.807, 2.05) is 19.1 Å². The van der Waals surface area contributed by atoms with Gasteiger partial charge in [0.1, 0.15) is 0 Å². The summed E-state index contributed by atoms with van der Waals surface area (Å²) in [6, 6.07) is 9.33. The molecule has 1 aliphatic rings. The van der Waals surface area contributed by atoms with Crippen LogP contribution in [0.3, 0.4) is 0 Å². The number of anilines is 1. The first kappa shape index (κ1) is 24.9. The quantitative estimate of drug-likeness (QED) is 0.505. The molecular weight excluding hydrogens is 510 g/mol. The van der Waals surface area contributed by atoms with E-state index in [9.17, 15) is 13.2 Å². The standard InChI is InChI=1S/C23H26BrN3O5S/c1-5-31-21-12-16(11-20(24)22(21)32-13-14(2)3)10-19-15(4)26-27(23(19)28)17-6-8-18(9-7-17)33(25,29)30/h6-12,14H,5,13H2,1-4H3,(H2,25,29,30)/b19-10-. The molecule has 0 atom stereocenters. The third kappa shape index (κ3) is 5.82. The number of ether oxygens (including phenoxy) is 2. The minimum absolute atomic E-state index is 0.0394. The van der Waals surface area contributed by atoms with Crippen molar-refractivity contribution >= 4 is 49.3 Å². The Labute approximate surface area is 202 Å².